The molecule has 1 saturated heterocycles. The molecule has 1 aliphatic heterocycles. The van der Waals surface area contributed by atoms with E-state index in [1.54, 1.807) is 0 Å². The van der Waals surface area contributed by atoms with Gasteiger partial charge in [0.15, 0.2) is 0 Å². The van der Waals surface area contributed by atoms with Crippen molar-refractivity contribution in [1.82, 2.24) is 0 Å². The van der Waals surface area contributed by atoms with E-state index in [0.29, 0.717) is 36.4 Å². The molecule has 4 rings (SSSR count). The predicted octanol–water partition coefficient (Wildman–Crippen LogP) is 4.36. The first kappa shape index (κ1) is 18.3. The zero-order chi connectivity index (χ0) is 18.7. The minimum atomic E-state index is -0.165. The molecule has 4 nitrogen and oxygen atoms in total. The monoisotopic (exact) mass is 362 g/mol. The lowest BCUT2D eigenvalue weighted by molar-refractivity contribution is -0.202. The maximum Gasteiger partial charge on any atom is 0.309 e. The van der Waals surface area contributed by atoms with Crippen LogP contribution in [0.5, 0.6) is 0 Å². The second kappa shape index (κ2) is 5.97. The van der Waals surface area contributed by atoms with Gasteiger partial charge in [0.1, 0.15) is 0 Å². The topological polar surface area (TPSA) is 52.6 Å². The Morgan fingerprint density at radius 2 is 1.88 bits per heavy atom. The standard InChI is InChI=1S/C22H34O4/c1-14(23)26-13-22-10-5-9-20(2,3)17(22)8-11-21(4)16-12-25-19(24)15(16)6-7-18(21)22/h15-18H,5-13H2,1-4H3. The first-order chi connectivity index (χ1) is 12.2. The van der Waals surface area contributed by atoms with Crippen LogP contribution < -0.4 is 0 Å². The maximum atomic E-state index is 12.2. The van der Waals surface area contributed by atoms with Crippen molar-refractivity contribution in [3.8, 4) is 0 Å². The Kier molecular flexibility index (Phi) is 4.20. The number of rotatable bonds is 2. The summed E-state index contributed by atoms with van der Waals surface area (Å²) in [5, 5.41) is 0. The van der Waals surface area contributed by atoms with Crippen molar-refractivity contribution in [2.75, 3.05) is 13.2 Å². The Bertz CT molecular complexity index is 611. The third-order valence-corrected chi connectivity index (χ3v) is 8.91. The fourth-order valence-corrected chi connectivity index (χ4v) is 7.83. The maximum absolute atomic E-state index is 12.2. The number of fused-ring (bicyclic) bond motifs is 5. The Balaban J connectivity index is 1.74. The second-order valence-corrected chi connectivity index (χ2v) is 10.4. The van der Waals surface area contributed by atoms with Gasteiger partial charge in [0.25, 0.3) is 0 Å². The molecule has 1 heterocycles. The van der Waals surface area contributed by atoms with E-state index in [0.717, 1.165) is 19.3 Å². The van der Waals surface area contributed by atoms with Gasteiger partial charge in [0.05, 0.1) is 19.1 Å². The Morgan fingerprint density at radius 3 is 2.62 bits per heavy atom. The van der Waals surface area contributed by atoms with Gasteiger partial charge >= 0.3 is 11.9 Å². The van der Waals surface area contributed by atoms with Crippen LogP contribution in [0.2, 0.25) is 0 Å². The highest BCUT2D eigenvalue weighted by molar-refractivity contribution is 5.75. The van der Waals surface area contributed by atoms with E-state index in [4.69, 9.17) is 9.47 Å². The van der Waals surface area contributed by atoms with E-state index < -0.39 is 0 Å². The summed E-state index contributed by atoms with van der Waals surface area (Å²) in [6.07, 6.45) is 7.99. The van der Waals surface area contributed by atoms with Crippen molar-refractivity contribution in [2.24, 2.45) is 39.9 Å². The van der Waals surface area contributed by atoms with Crippen LogP contribution in [0.15, 0.2) is 0 Å². The van der Waals surface area contributed by atoms with Crippen LogP contribution in [0.4, 0.5) is 0 Å². The zero-order valence-electron chi connectivity index (χ0n) is 16.8. The quantitative estimate of drug-likeness (QED) is 0.685. The van der Waals surface area contributed by atoms with Crippen molar-refractivity contribution in [2.45, 2.75) is 72.6 Å². The van der Waals surface area contributed by atoms with Gasteiger partial charge in [-0.3, -0.25) is 9.59 Å². The van der Waals surface area contributed by atoms with Crippen molar-refractivity contribution in [3.05, 3.63) is 0 Å². The molecule has 0 spiro atoms. The number of ether oxygens (including phenoxy) is 2. The first-order valence-electron chi connectivity index (χ1n) is 10.5. The van der Waals surface area contributed by atoms with Crippen LogP contribution in [0.1, 0.15) is 72.6 Å². The van der Waals surface area contributed by atoms with Gasteiger partial charge in [-0.15, -0.1) is 0 Å². The molecule has 3 aliphatic carbocycles. The van der Waals surface area contributed by atoms with E-state index >= 15 is 0 Å². The van der Waals surface area contributed by atoms with Gasteiger partial charge in [-0.05, 0) is 61.2 Å². The summed E-state index contributed by atoms with van der Waals surface area (Å²) in [4.78, 5) is 23.9. The number of esters is 2. The fourth-order valence-electron chi connectivity index (χ4n) is 7.83. The molecular formula is C22H34O4. The molecule has 0 aromatic rings. The molecule has 6 atom stereocenters. The minimum Gasteiger partial charge on any atom is -0.465 e. The van der Waals surface area contributed by atoms with Gasteiger partial charge in [-0.1, -0.05) is 27.2 Å². The van der Waals surface area contributed by atoms with Crippen molar-refractivity contribution in [1.29, 1.82) is 0 Å². The predicted molar refractivity (Wildman–Crippen MR) is 98.2 cm³/mol. The third kappa shape index (κ3) is 2.46. The summed E-state index contributed by atoms with van der Waals surface area (Å²) >= 11 is 0. The highest BCUT2D eigenvalue weighted by Gasteiger charge is 2.66. The van der Waals surface area contributed by atoms with E-state index in [9.17, 15) is 9.59 Å². The summed E-state index contributed by atoms with van der Waals surface area (Å²) in [6.45, 7) is 9.91. The Hall–Kier alpha value is -1.06. The highest BCUT2D eigenvalue weighted by Crippen LogP contribution is 2.69. The molecule has 0 bridgehead atoms. The normalized spacial score (nSPS) is 46.5. The van der Waals surface area contributed by atoms with E-state index in [-0.39, 0.29) is 28.7 Å². The molecule has 4 heteroatoms. The number of hydrogen-bond donors (Lipinski definition) is 0. The van der Waals surface area contributed by atoms with Crippen LogP contribution >= 0.6 is 0 Å². The molecular weight excluding hydrogens is 328 g/mol. The second-order valence-electron chi connectivity index (χ2n) is 10.4. The number of carbonyl (C=O) groups excluding carboxylic acids is 2. The fraction of sp³-hybridized carbons (Fsp3) is 0.909. The first-order valence-corrected chi connectivity index (χ1v) is 10.5. The summed E-state index contributed by atoms with van der Waals surface area (Å²) < 4.78 is 11.2. The summed E-state index contributed by atoms with van der Waals surface area (Å²) in [6, 6.07) is 0. The van der Waals surface area contributed by atoms with Crippen LogP contribution in [-0.4, -0.2) is 25.2 Å². The van der Waals surface area contributed by atoms with Crippen molar-refractivity contribution < 1.29 is 19.1 Å². The van der Waals surface area contributed by atoms with Crippen LogP contribution in [0.3, 0.4) is 0 Å². The minimum absolute atomic E-state index is 0.0230. The molecule has 0 aromatic carbocycles. The van der Waals surface area contributed by atoms with Crippen LogP contribution in [0, 0.1) is 39.9 Å². The molecule has 0 aromatic heterocycles. The van der Waals surface area contributed by atoms with Gasteiger partial charge in [-0.25, -0.2) is 0 Å². The highest BCUT2D eigenvalue weighted by atomic mass is 16.5. The number of carbonyl (C=O) groups is 2. The van der Waals surface area contributed by atoms with Gasteiger partial charge in [0.2, 0.25) is 0 Å². The molecule has 4 fully saturated rings. The molecule has 6 unspecified atom stereocenters. The van der Waals surface area contributed by atoms with Crippen LogP contribution in [-0.2, 0) is 19.1 Å². The Labute approximate surface area is 157 Å². The smallest absolute Gasteiger partial charge is 0.309 e. The lowest BCUT2D eigenvalue weighted by atomic mass is 9.38. The summed E-state index contributed by atoms with van der Waals surface area (Å²) in [5.74, 6) is 1.40. The summed E-state index contributed by atoms with van der Waals surface area (Å²) in [5.41, 5.74) is 0.481. The number of cyclic esters (lactones) is 1. The van der Waals surface area contributed by atoms with Crippen molar-refractivity contribution in [3.63, 3.8) is 0 Å². The van der Waals surface area contributed by atoms with E-state index in [1.807, 2.05) is 0 Å². The third-order valence-electron chi connectivity index (χ3n) is 8.91. The zero-order valence-corrected chi connectivity index (χ0v) is 16.8. The largest absolute Gasteiger partial charge is 0.465 e. The lowest BCUT2D eigenvalue weighted by Crippen LogP contribution is -2.62. The molecule has 0 radical (unpaired) electrons. The average molecular weight is 363 g/mol. The van der Waals surface area contributed by atoms with Gasteiger partial charge < -0.3 is 9.47 Å². The lowest BCUT2D eigenvalue weighted by Gasteiger charge is -2.66. The SMILES string of the molecule is CC(=O)OCC12CCCC(C)(C)C1CCC1(C)C3COC(=O)C3CCC12. The van der Waals surface area contributed by atoms with Gasteiger partial charge in [0, 0.05) is 18.3 Å². The van der Waals surface area contributed by atoms with Crippen LogP contribution in [0.25, 0.3) is 0 Å². The summed E-state index contributed by atoms with van der Waals surface area (Å²) in [7, 11) is 0. The van der Waals surface area contributed by atoms with E-state index in [2.05, 4.69) is 20.8 Å². The molecule has 146 valence electrons. The van der Waals surface area contributed by atoms with Gasteiger partial charge in [-0.2, -0.15) is 0 Å². The molecule has 0 amide bonds. The molecule has 3 saturated carbocycles. The molecule has 26 heavy (non-hydrogen) atoms. The Morgan fingerprint density at radius 1 is 1.12 bits per heavy atom. The van der Waals surface area contributed by atoms with Crippen molar-refractivity contribution >= 4 is 11.9 Å². The number of hydrogen-bond acceptors (Lipinski definition) is 4. The molecule has 4 aliphatic rings. The van der Waals surface area contributed by atoms with E-state index in [1.165, 1.54) is 32.6 Å². The average Bonchev–Trinajstić information content (AvgIpc) is 2.94. The molecule has 0 N–H and O–H groups in total.